The van der Waals surface area contributed by atoms with E-state index in [9.17, 15) is 34.8 Å². The first-order valence-corrected chi connectivity index (χ1v) is 7.24. The van der Waals surface area contributed by atoms with Gasteiger partial charge < -0.3 is 4.74 Å². The molecule has 1 unspecified atom stereocenters. The molecule has 0 saturated heterocycles. The van der Waals surface area contributed by atoms with Gasteiger partial charge in [-0.15, -0.1) is 0 Å². The second-order valence-electron chi connectivity index (χ2n) is 4.28. The Labute approximate surface area is 112 Å². The molecule has 0 aliphatic heterocycles. The third kappa shape index (κ3) is 7.90. The van der Waals surface area contributed by atoms with Crippen molar-refractivity contribution in [3.63, 3.8) is 0 Å². The van der Waals surface area contributed by atoms with Gasteiger partial charge in [0, 0.05) is 0 Å². The summed E-state index contributed by atoms with van der Waals surface area (Å²) in [6, 6.07) is 0. The third-order valence-corrected chi connectivity index (χ3v) is 3.19. The van der Waals surface area contributed by atoms with Crippen molar-refractivity contribution in [1.29, 1.82) is 0 Å². The highest BCUT2D eigenvalue weighted by Crippen LogP contribution is 2.36. The molecule has 122 valence electrons. The Morgan fingerprint density at radius 2 is 1.55 bits per heavy atom. The Hall–Kier alpha value is -0.550. The SMILES string of the molecule is CCCC(COC(C(F)(F)F)C(F)(F)F)CS(N)(=O)=O. The number of ether oxygens (including phenoxy) is 1. The molecule has 0 aliphatic carbocycles. The predicted molar refractivity (Wildman–Crippen MR) is 58.2 cm³/mol. The van der Waals surface area contributed by atoms with Crippen molar-refractivity contribution in [2.75, 3.05) is 12.4 Å². The zero-order valence-corrected chi connectivity index (χ0v) is 11.3. The fraction of sp³-hybridized carbons (Fsp3) is 1.00. The minimum absolute atomic E-state index is 0.0822. The minimum Gasteiger partial charge on any atom is -0.361 e. The highest BCUT2D eigenvalue weighted by Gasteiger charge is 2.58. The summed E-state index contributed by atoms with van der Waals surface area (Å²) in [7, 11) is -4.01. The minimum atomic E-state index is -5.61. The van der Waals surface area contributed by atoms with Crippen molar-refractivity contribution in [3.8, 4) is 0 Å². The van der Waals surface area contributed by atoms with Crippen LogP contribution in [0.2, 0.25) is 0 Å². The maximum atomic E-state index is 12.2. The number of nitrogens with two attached hydrogens (primary N) is 1. The first-order valence-electron chi connectivity index (χ1n) is 5.53. The van der Waals surface area contributed by atoms with E-state index in [1.807, 2.05) is 0 Å². The summed E-state index contributed by atoms with van der Waals surface area (Å²) in [5.41, 5.74) is 0. The van der Waals surface area contributed by atoms with Gasteiger partial charge in [0.25, 0.3) is 0 Å². The van der Waals surface area contributed by atoms with Gasteiger partial charge in [-0.1, -0.05) is 13.3 Å². The monoisotopic (exact) mass is 331 g/mol. The van der Waals surface area contributed by atoms with Gasteiger partial charge in [-0.3, -0.25) is 0 Å². The highest BCUT2D eigenvalue weighted by atomic mass is 32.2. The van der Waals surface area contributed by atoms with Crippen LogP contribution in [-0.2, 0) is 14.8 Å². The van der Waals surface area contributed by atoms with Crippen LogP contribution in [0.3, 0.4) is 0 Å². The summed E-state index contributed by atoms with van der Waals surface area (Å²) in [4.78, 5) is 0. The van der Waals surface area contributed by atoms with E-state index in [0.29, 0.717) is 6.42 Å². The smallest absolute Gasteiger partial charge is 0.361 e. The van der Waals surface area contributed by atoms with Crippen molar-refractivity contribution in [2.45, 2.75) is 38.2 Å². The highest BCUT2D eigenvalue weighted by molar-refractivity contribution is 7.89. The van der Waals surface area contributed by atoms with E-state index in [1.165, 1.54) is 0 Å². The quantitative estimate of drug-likeness (QED) is 0.727. The fourth-order valence-corrected chi connectivity index (χ4v) is 2.48. The second-order valence-corrected chi connectivity index (χ2v) is 5.94. The van der Waals surface area contributed by atoms with E-state index in [-0.39, 0.29) is 6.42 Å². The number of alkyl halides is 6. The van der Waals surface area contributed by atoms with E-state index in [2.05, 4.69) is 4.74 Å². The summed E-state index contributed by atoms with van der Waals surface area (Å²) in [6.45, 7) is 0.606. The topological polar surface area (TPSA) is 69.4 Å². The van der Waals surface area contributed by atoms with Crippen LogP contribution in [-0.4, -0.2) is 39.2 Å². The summed E-state index contributed by atoms with van der Waals surface area (Å²) >= 11 is 0. The Morgan fingerprint density at radius 3 is 1.85 bits per heavy atom. The standard InChI is InChI=1S/C9H15F6NO3S/c1-2-3-6(5-20(16,17)18)4-19-7(8(10,11)12)9(13,14)15/h6-7H,2-5H2,1H3,(H2,16,17,18). The third-order valence-electron chi connectivity index (χ3n) is 2.26. The van der Waals surface area contributed by atoms with Crippen LogP contribution < -0.4 is 5.14 Å². The molecule has 0 aromatic rings. The van der Waals surface area contributed by atoms with Crippen LogP contribution in [0.5, 0.6) is 0 Å². The number of rotatable bonds is 7. The predicted octanol–water partition coefficient (Wildman–Crippen LogP) is 2.20. The van der Waals surface area contributed by atoms with E-state index in [0.717, 1.165) is 0 Å². The zero-order chi connectivity index (χ0) is 16.2. The number of hydrogen-bond acceptors (Lipinski definition) is 3. The van der Waals surface area contributed by atoms with Gasteiger partial charge in [0.1, 0.15) is 0 Å². The molecule has 0 fully saturated rings. The van der Waals surface area contributed by atoms with Crippen molar-refractivity contribution in [3.05, 3.63) is 0 Å². The Balaban J connectivity index is 4.80. The maximum absolute atomic E-state index is 12.2. The second kappa shape index (κ2) is 6.94. The van der Waals surface area contributed by atoms with E-state index in [4.69, 9.17) is 5.14 Å². The van der Waals surface area contributed by atoms with Crippen LogP contribution in [0.15, 0.2) is 0 Å². The van der Waals surface area contributed by atoms with Crippen molar-refractivity contribution >= 4 is 10.0 Å². The van der Waals surface area contributed by atoms with Gasteiger partial charge in [-0.05, 0) is 12.3 Å². The van der Waals surface area contributed by atoms with Gasteiger partial charge in [-0.2, -0.15) is 26.3 Å². The molecular weight excluding hydrogens is 316 g/mol. The lowest BCUT2D eigenvalue weighted by Gasteiger charge is -2.25. The molecule has 0 amide bonds. The van der Waals surface area contributed by atoms with Gasteiger partial charge in [0.15, 0.2) is 0 Å². The molecule has 20 heavy (non-hydrogen) atoms. The molecule has 0 aromatic heterocycles. The van der Waals surface area contributed by atoms with E-state index in [1.54, 1.807) is 6.92 Å². The summed E-state index contributed by atoms with van der Waals surface area (Å²) < 4.78 is 98.7. The molecule has 1 atom stereocenters. The summed E-state index contributed by atoms with van der Waals surface area (Å²) in [5.74, 6) is -1.76. The lowest BCUT2D eigenvalue weighted by Crippen LogP contribution is -2.45. The molecule has 0 bridgehead atoms. The normalized spacial score (nSPS) is 15.7. The summed E-state index contributed by atoms with van der Waals surface area (Å²) in [6.07, 6.45) is -14.7. The van der Waals surface area contributed by atoms with E-state index >= 15 is 0 Å². The maximum Gasteiger partial charge on any atom is 0.423 e. The number of primary sulfonamides is 1. The zero-order valence-electron chi connectivity index (χ0n) is 10.5. The molecule has 0 radical (unpaired) electrons. The van der Waals surface area contributed by atoms with Gasteiger partial charge in [-0.25, -0.2) is 13.6 Å². The molecule has 11 heteroatoms. The molecule has 0 saturated carbocycles. The van der Waals surface area contributed by atoms with Crippen LogP contribution in [0.25, 0.3) is 0 Å². The Bertz CT molecular complexity index is 377. The lowest BCUT2D eigenvalue weighted by molar-refractivity contribution is -0.323. The van der Waals surface area contributed by atoms with Crippen molar-refractivity contribution < 1.29 is 39.5 Å². The summed E-state index contributed by atoms with van der Waals surface area (Å²) in [5, 5.41) is 4.72. The van der Waals surface area contributed by atoms with Gasteiger partial charge >= 0.3 is 12.4 Å². The number of sulfonamides is 1. The number of halogens is 6. The van der Waals surface area contributed by atoms with Crippen LogP contribution in [0.1, 0.15) is 19.8 Å². The van der Waals surface area contributed by atoms with Gasteiger partial charge in [0.2, 0.25) is 16.1 Å². The fourth-order valence-electron chi connectivity index (χ4n) is 1.56. The molecule has 4 nitrogen and oxygen atoms in total. The molecule has 2 N–H and O–H groups in total. The molecular formula is C9H15F6NO3S. The van der Waals surface area contributed by atoms with Gasteiger partial charge in [0.05, 0.1) is 12.4 Å². The lowest BCUT2D eigenvalue weighted by atomic mass is 10.1. The molecule has 0 aliphatic rings. The van der Waals surface area contributed by atoms with Crippen molar-refractivity contribution in [1.82, 2.24) is 0 Å². The first-order chi connectivity index (χ1) is 8.77. The average Bonchev–Trinajstić information content (AvgIpc) is 2.10. The largest absolute Gasteiger partial charge is 0.423 e. The van der Waals surface area contributed by atoms with Crippen LogP contribution in [0.4, 0.5) is 26.3 Å². The Morgan fingerprint density at radius 1 is 1.10 bits per heavy atom. The first kappa shape index (κ1) is 19.4. The van der Waals surface area contributed by atoms with E-state index < -0.39 is 46.8 Å². The van der Waals surface area contributed by atoms with Crippen molar-refractivity contribution in [2.24, 2.45) is 11.1 Å². The molecule has 0 heterocycles. The number of hydrogen-bond donors (Lipinski definition) is 1. The molecule has 0 rings (SSSR count). The van der Waals surface area contributed by atoms with Crippen LogP contribution in [0, 0.1) is 5.92 Å². The molecule has 0 spiro atoms. The van der Waals surface area contributed by atoms with Crippen LogP contribution >= 0.6 is 0 Å². The molecule has 0 aromatic carbocycles. The average molecular weight is 331 g/mol. The Kier molecular flexibility index (Phi) is 6.75.